The van der Waals surface area contributed by atoms with Gasteiger partial charge in [-0.05, 0) is 24.8 Å². The van der Waals surface area contributed by atoms with Gasteiger partial charge in [0, 0.05) is 13.0 Å². The minimum Gasteiger partial charge on any atom is -0.348 e. The lowest BCUT2D eigenvalue weighted by atomic mass is 10.1. The highest BCUT2D eigenvalue weighted by atomic mass is 32.1. The summed E-state index contributed by atoms with van der Waals surface area (Å²) in [5, 5.41) is 14.3. The molecule has 2 rings (SSSR count). The molecular weight excluding hydrogens is 336 g/mol. The van der Waals surface area contributed by atoms with Gasteiger partial charge in [-0.1, -0.05) is 61.4 Å². The molecule has 2 amide bonds. The van der Waals surface area contributed by atoms with Gasteiger partial charge < -0.3 is 5.32 Å². The Labute approximate surface area is 152 Å². The monoisotopic (exact) mass is 360 g/mol. The maximum absolute atomic E-state index is 11.9. The molecule has 0 radical (unpaired) electrons. The molecular formula is C18H24N4O2S. The highest BCUT2D eigenvalue weighted by Crippen LogP contribution is 2.17. The molecule has 0 aliphatic carbocycles. The highest BCUT2D eigenvalue weighted by Gasteiger charge is 2.15. The number of carbonyl (C=O) groups excluding carboxylic acids is 2. The van der Waals surface area contributed by atoms with Crippen LogP contribution < -0.4 is 10.6 Å². The Balaban J connectivity index is 1.67. The zero-order chi connectivity index (χ0) is 17.9. The number of hydrogen-bond donors (Lipinski definition) is 2. The molecule has 0 spiro atoms. The average molecular weight is 360 g/mol. The van der Waals surface area contributed by atoms with E-state index < -0.39 is 11.8 Å². The summed E-state index contributed by atoms with van der Waals surface area (Å²) in [5.74, 6) is -1.34. The SMILES string of the molecule is CCCCCc1nnc(NC(=O)C(=O)NCCCc2ccccc2)s1. The van der Waals surface area contributed by atoms with E-state index in [0.29, 0.717) is 11.7 Å². The number of nitrogens with zero attached hydrogens (tertiary/aromatic N) is 2. The second-order valence-corrected chi connectivity index (χ2v) is 6.82. The number of nitrogens with one attached hydrogen (secondary N) is 2. The number of carbonyl (C=O) groups is 2. The van der Waals surface area contributed by atoms with Crippen LogP contribution in [0, 0.1) is 0 Å². The van der Waals surface area contributed by atoms with Crippen molar-refractivity contribution in [1.29, 1.82) is 0 Å². The molecule has 0 fully saturated rings. The second-order valence-electron chi connectivity index (χ2n) is 5.76. The third kappa shape index (κ3) is 7.01. The minimum atomic E-state index is -0.698. The number of benzene rings is 1. The van der Waals surface area contributed by atoms with Gasteiger partial charge in [0.15, 0.2) is 0 Å². The van der Waals surface area contributed by atoms with Crippen LogP contribution in [0.3, 0.4) is 0 Å². The van der Waals surface area contributed by atoms with Crippen LogP contribution >= 0.6 is 11.3 Å². The van der Waals surface area contributed by atoms with E-state index in [-0.39, 0.29) is 0 Å². The van der Waals surface area contributed by atoms with Gasteiger partial charge in [0.05, 0.1) is 0 Å². The predicted molar refractivity (Wildman–Crippen MR) is 99.5 cm³/mol. The van der Waals surface area contributed by atoms with E-state index in [2.05, 4.69) is 27.8 Å². The number of hydrogen-bond acceptors (Lipinski definition) is 5. The number of anilines is 1. The van der Waals surface area contributed by atoms with Crippen LogP contribution in [0.4, 0.5) is 5.13 Å². The molecule has 134 valence electrons. The van der Waals surface area contributed by atoms with Gasteiger partial charge in [0.1, 0.15) is 5.01 Å². The molecule has 0 saturated carbocycles. The molecule has 6 nitrogen and oxygen atoms in total. The fourth-order valence-corrected chi connectivity index (χ4v) is 3.08. The Kier molecular flexibility index (Phi) is 8.04. The van der Waals surface area contributed by atoms with Crippen LogP contribution in [0.15, 0.2) is 30.3 Å². The van der Waals surface area contributed by atoms with Gasteiger partial charge in [-0.3, -0.25) is 14.9 Å². The van der Waals surface area contributed by atoms with Crippen molar-refractivity contribution in [1.82, 2.24) is 15.5 Å². The molecule has 0 saturated heterocycles. The van der Waals surface area contributed by atoms with Crippen molar-refractivity contribution in [3.05, 3.63) is 40.9 Å². The first-order valence-corrected chi connectivity index (χ1v) is 9.46. The van der Waals surface area contributed by atoms with Gasteiger partial charge in [-0.25, -0.2) is 0 Å². The molecule has 1 heterocycles. The number of aromatic nitrogens is 2. The van der Waals surface area contributed by atoms with Gasteiger partial charge in [0.2, 0.25) is 5.13 Å². The molecule has 1 aromatic carbocycles. The Morgan fingerprint density at radius 2 is 1.80 bits per heavy atom. The summed E-state index contributed by atoms with van der Waals surface area (Å²) in [6, 6.07) is 10.0. The molecule has 0 aliphatic heterocycles. The Morgan fingerprint density at radius 3 is 2.56 bits per heavy atom. The van der Waals surface area contributed by atoms with Crippen molar-refractivity contribution in [3.63, 3.8) is 0 Å². The fraction of sp³-hybridized carbons (Fsp3) is 0.444. The van der Waals surface area contributed by atoms with Crippen molar-refractivity contribution in [2.24, 2.45) is 0 Å². The van der Waals surface area contributed by atoms with Gasteiger partial charge in [-0.2, -0.15) is 0 Å². The summed E-state index contributed by atoms with van der Waals surface area (Å²) in [7, 11) is 0. The number of aryl methyl sites for hydroxylation is 2. The van der Waals surface area contributed by atoms with E-state index >= 15 is 0 Å². The van der Waals surface area contributed by atoms with Crippen LogP contribution in [-0.4, -0.2) is 28.6 Å². The smallest absolute Gasteiger partial charge is 0.315 e. The molecule has 0 bridgehead atoms. The quantitative estimate of drug-likeness (QED) is 0.532. The first-order valence-electron chi connectivity index (χ1n) is 8.64. The molecule has 0 unspecified atom stereocenters. The largest absolute Gasteiger partial charge is 0.348 e. The summed E-state index contributed by atoms with van der Waals surface area (Å²) >= 11 is 1.32. The van der Waals surface area contributed by atoms with Gasteiger partial charge in [0.25, 0.3) is 0 Å². The van der Waals surface area contributed by atoms with Crippen LogP contribution in [0.5, 0.6) is 0 Å². The minimum absolute atomic E-state index is 0.371. The summed E-state index contributed by atoms with van der Waals surface area (Å²) in [5.41, 5.74) is 1.21. The number of unbranched alkanes of at least 4 members (excludes halogenated alkanes) is 2. The second kappa shape index (κ2) is 10.6. The van der Waals surface area contributed by atoms with E-state index in [0.717, 1.165) is 43.5 Å². The first-order chi connectivity index (χ1) is 12.2. The summed E-state index contributed by atoms with van der Waals surface area (Å²) in [4.78, 5) is 23.7. The summed E-state index contributed by atoms with van der Waals surface area (Å²) in [6.45, 7) is 2.60. The Hall–Kier alpha value is -2.28. The predicted octanol–water partition coefficient (Wildman–Crippen LogP) is 2.96. The lowest BCUT2D eigenvalue weighted by molar-refractivity contribution is -0.136. The van der Waals surface area contributed by atoms with E-state index in [9.17, 15) is 9.59 Å². The third-order valence-corrected chi connectivity index (χ3v) is 4.56. The lowest BCUT2D eigenvalue weighted by Crippen LogP contribution is -2.36. The lowest BCUT2D eigenvalue weighted by Gasteiger charge is -2.04. The molecule has 1 aromatic heterocycles. The van der Waals surface area contributed by atoms with Crippen molar-refractivity contribution >= 4 is 28.3 Å². The first kappa shape index (κ1) is 19.1. The van der Waals surface area contributed by atoms with Crippen LogP contribution in [0.2, 0.25) is 0 Å². The topological polar surface area (TPSA) is 84.0 Å². The number of amides is 2. The van der Waals surface area contributed by atoms with E-state index in [4.69, 9.17) is 0 Å². The molecule has 25 heavy (non-hydrogen) atoms. The van der Waals surface area contributed by atoms with Crippen LogP contribution in [0.25, 0.3) is 0 Å². The van der Waals surface area contributed by atoms with E-state index in [1.54, 1.807) is 0 Å². The van der Waals surface area contributed by atoms with Crippen molar-refractivity contribution in [2.45, 2.75) is 45.4 Å². The summed E-state index contributed by atoms with van der Waals surface area (Å²) < 4.78 is 0. The molecule has 0 aliphatic rings. The van der Waals surface area contributed by atoms with Crippen molar-refractivity contribution < 1.29 is 9.59 Å². The zero-order valence-corrected chi connectivity index (χ0v) is 15.3. The average Bonchev–Trinajstić information content (AvgIpc) is 3.07. The molecule has 2 aromatic rings. The fourth-order valence-electron chi connectivity index (χ4n) is 2.30. The van der Waals surface area contributed by atoms with E-state index in [1.165, 1.54) is 16.9 Å². The maximum Gasteiger partial charge on any atom is 0.315 e. The Bertz CT molecular complexity index is 673. The van der Waals surface area contributed by atoms with Crippen LogP contribution in [-0.2, 0) is 22.4 Å². The molecule has 0 atom stereocenters. The standard InChI is InChI=1S/C18H24N4O2S/c1-2-3-5-12-15-21-22-18(25-15)20-17(24)16(23)19-13-8-11-14-9-6-4-7-10-14/h4,6-7,9-10H,2-3,5,8,11-13H2,1H3,(H,19,23)(H,20,22,24). The van der Waals surface area contributed by atoms with Gasteiger partial charge >= 0.3 is 11.8 Å². The van der Waals surface area contributed by atoms with Crippen molar-refractivity contribution in [2.75, 3.05) is 11.9 Å². The van der Waals surface area contributed by atoms with E-state index in [1.807, 2.05) is 30.3 Å². The molecule has 7 heteroatoms. The highest BCUT2D eigenvalue weighted by molar-refractivity contribution is 7.15. The zero-order valence-electron chi connectivity index (χ0n) is 14.5. The van der Waals surface area contributed by atoms with Crippen LogP contribution in [0.1, 0.15) is 43.2 Å². The Morgan fingerprint density at radius 1 is 1.00 bits per heavy atom. The third-order valence-electron chi connectivity index (χ3n) is 3.66. The number of rotatable bonds is 9. The molecule has 2 N–H and O–H groups in total. The van der Waals surface area contributed by atoms with Gasteiger partial charge in [-0.15, -0.1) is 10.2 Å². The van der Waals surface area contributed by atoms with Crippen molar-refractivity contribution in [3.8, 4) is 0 Å². The normalized spacial score (nSPS) is 10.4. The summed E-state index contributed by atoms with van der Waals surface area (Å²) in [6.07, 6.45) is 5.84. The maximum atomic E-state index is 11.9.